The van der Waals surface area contributed by atoms with Gasteiger partial charge in [0.05, 0.1) is 37.0 Å². The maximum absolute atomic E-state index is 12.6. The lowest BCUT2D eigenvalue weighted by atomic mass is 9.83. The van der Waals surface area contributed by atoms with E-state index in [-0.39, 0.29) is 35.7 Å². The predicted octanol–water partition coefficient (Wildman–Crippen LogP) is -0.739. The fraction of sp³-hybridized carbons (Fsp3) is 0.500. The van der Waals surface area contributed by atoms with Crippen molar-refractivity contribution < 1.29 is 63.9 Å². The number of aliphatic hydroxyl groups is 4. The van der Waals surface area contributed by atoms with E-state index in [0.717, 1.165) is 6.26 Å². The Kier molecular flexibility index (Phi) is 8.02. The molecule has 8 atom stereocenters. The zero-order valence-corrected chi connectivity index (χ0v) is 19.7. The minimum atomic E-state index is -1.69. The molecule has 0 bridgehead atoms. The number of phenolic OH excluding ortho intramolecular Hbond substituents is 1. The summed E-state index contributed by atoms with van der Waals surface area (Å²) >= 11 is 0. The molecule has 3 aliphatic rings. The van der Waals surface area contributed by atoms with Gasteiger partial charge in [-0.15, -0.1) is 0 Å². The first-order chi connectivity index (χ1) is 17.7. The number of carbonyl (C=O) groups excluding carboxylic acids is 1. The Morgan fingerprint density at radius 1 is 1.11 bits per heavy atom. The van der Waals surface area contributed by atoms with Crippen molar-refractivity contribution in [3.8, 4) is 11.5 Å². The first-order valence-corrected chi connectivity index (χ1v) is 11.4. The van der Waals surface area contributed by atoms with Gasteiger partial charge < -0.3 is 54.3 Å². The molecule has 1 aromatic rings. The molecule has 4 rings (SSSR count). The van der Waals surface area contributed by atoms with Crippen molar-refractivity contribution in [1.29, 1.82) is 0 Å². The quantitative estimate of drug-likeness (QED) is 0.184. The number of carbonyl (C=O) groups is 2. The summed E-state index contributed by atoms with van der Waals surface area (Å²) in [5.41, 5.74) is 0.579. The Morgan fingerprint density at radius 2 is 1.86 bits per heavy atom. The number of aliphatic carboxylic acids is 1. The van der Waals surface area contributed by atoms with E-state index in [1.807, 2.05) is 0 Å². The predicted molar refractivity (Wildman–Crippen MR) is 120 cm³/mol. The second-order valence-electron chi connectivity index (χ2n) is 8.83. The minimum absolute atomic E-state index is 0.0282. The van der Waals surface area contributed by atoms with Crippen LogP contribution in [0.5, 0.6) is 11.5 Å². The van der Waals surface area contributed by atoms with Crippen LogP contribution in [0, 0.1) is 11.8 Å². The molecule has 13 nitrogen and oxygen atoms in total. The lowest BCUT2D eigenvalue weighted by molar-refractivity contribution is -0.339. The van der Waals surface area contributed by atoms with Gasteiger partial charge in [-0.25, -0.2) is 9.59 Å². The number of benzene rings is 1. The average Bonchev–Trinajstić information content (AvgIpc) is 3.32. The number of allylic oxidation sites excluding steroid dienone is 1. The van der Waals surface area contributed by atoms with E-state index in [1.54, 1.807) is 6.08 Å². The van der Waals surface area contributed by atoms with Gasteiger partial charge in [0.2, 0.25) is 6.29 Å². The first-order valence-electron chi connectivity index (χ1n) is 11.4. The number of phenols is 1. The van der Waals surface area contributed by atoms with Crippen LogP contribution >= 0.6 is 0 Å². The molecule has 0 amide bonds. The van der Waals surface area contributed by atoms with E-state index < -0.39 is 67.4 Å². The first kappa shape index (κ1) is 26.9. The normalized spacial score (nSPS) is 33.0. The zero-order valence-electron chi connectivity index (χ0n) is 19.7. The molecule has 0 spiro atoms. The number of hydrogen-bond donors (Lipinski definition) is 6. The van der Waals surface area contributed by atoms with E-state index in [4.69, 9.17) is 23.7 Å². The Hall–Kier alpha value is -3.20. The van der Waals surface area contributed by atoms with Gasteiger partial charge in [-0.3, -0.25) is 0 Å². The van der Waals surface area contributed by atoms with E-state index in [2.05, 4.69) is 0 Å². The molecule has 0 unspecified atom stereocenters. The van der Waals surface area contributed by atoms with Gasteiger partial charge in [0, 0.05) is 5.92 Å². The van der Waals surface area contributed by atoms with Crippen LogP contribution in [0.25, 0.3) is 0 Å². The number of hydrogen-bond acceptors (Lipinski definition) is 12. The second-order valence-corrected chi connectivity index (χ2v) is 8.83. The molecule has 2 heterocycles. The molecule has 1 aliphatic carbocycles. The average molecular weight is 524 g/mol. The number of ether oxygens (including phenoxy) is 5. The molecule has 13 heteroatoms. The summed E-state index contributed by atoms with van der Waals surface area (Å²) in [5.74, 6) is -3.36. The van der Waals surface area contributed by atoms with Crippen molar-refractivity contribution in [2.24, 2.45) is 11.8 Å². The van der Waals surface area contributed by atoms with E-state index in [1.165, 1.54) is 25.3 Å². The van der Waals surface area contributed by atoms with Gasteiger partial charge in [-0.05, 0) is 30.2 Å². The van der Waals surface area contributed by atoms with Crippen molar-refractivity contribution in [3.63, 3.8) is 0 Å². The van der Waals surface area contributed by atoms with Crippen LogP contribution in [-0.4, -0.2) is 99.9 Å². The monoisotopic (exact) mass is 524 g/mol. The molecule has 1 aromatic carbocycles. The summed E-state index contributed by atoms with van der Waals surface area (Å²) in [4.78, 5) is 24.4. The molecule has 37 heavy (non-hydrogen) atoms. The van der Waals surface area contributed by atoms with E-state index >= 15 is 0 Å². The number of carboxylic acid groups (broad SMARTS) is 1. The Balaban J connectivity index is 1.50. The van der Waals surface area contributed by atoms with E-state index in [9.17, 15) is 40.2 Å². The summed E-state index contributed by atoms with van der Waals surface area (Å²) in [6.07, 6.45) is -5.89. The number of rotatable bonds is 8. The van der Waals surface area contributed by atoms with Crippen molar-refractivity contribution in [3.05, 3.63) is 47.2 Å². The topological polar surface area (TPSA) is 202 Å². The highest BCUT2D eigenvalue weighted by atomic mass is 16.8. The summed E-state index contributed by atoms with van der Waals surface area (Å²) in [6.45, 7) is -0.900. The fourth-order valence-electron chi connectivity index (χ4n) is 4.65. The zero-order chi connectivity index (χ0) is 26.9. The Labute approximate surface area is 210 Å². The SMILES string of the molecule is COc1cc(C(=O)OCC2=CC[C@H]3C(C(=O)O)=CO[C@@H](O[C@H]4O[C@H](CO)[C@@H](O)[C@H](O)[C@H]4O)[C@H]23)ccc1O. The van der Waals surface area contributed by atoms with Gasteiger partial charge in [0.15, 0.2) is 17.8 Å². The van der Waals surface area contributed by atoms with Crippen molar-refractivity contribution in [2.75, 3.05) is 20.3 Å². The van der Waals surface area contributed by atoms with Gasteiger partial charge in [0.25, 0.3) is 0 Å². The van der Waals surface area contributed by atoms with Gasteiger partial charge in [-0.2, -0.15) is 0 Å². The molecule has 0 aromatic heterocycles. The summed E-state index contributed by atoms with van der Waals surface area (Å²) in [5, 5.41) is 59.2. The third-order valence-electron chi connectivity index (χ3n) is 6.67. The summed E-state index contributed by atoms with van der Waals surface area (Å²) in [6, 6.07) is 3.94. The molecule has 2 aliphatic heterocycles. The number of aliphatic hydroxyl groups excluding tert-OH is 4. The number of methoxy groups -OCH3 is 1. The Morgan fingerprint density at radius 3 is 2.54 bits per heavy atom. The number of fused-ring (bicyclic) bond motifs is 1. The fourth-order valence-corrected chi connectivity index (χ4v) is 4.65. The minimum Gasteiger partial charge on any atom is -0.504 e. The standard InChI is InChI=1S/C24H28O13/c1-33-15-6-10(3-5-14(15)26)22(32)34-8-11-2-4-12-13(21(30)31)9-35-23(17(11)12)37-24-20(29)19(28)18(27)16(7-25)36-24/h2-3,5-6,9,12,16-20,23-29H,4,7-8H2,1H3,(H,30,31)/t12-,16+,17+,18+,19-,20+,23-,24+/m0/s1. The molecule has 1 fully saturated rings. The second kappa shape index (κ2) is 11.0. The molecular formula is C24H28O13. The van der Waals surface area contributed by atoms with Crippen molar-refractivity contribution >= 4 is 11.9 Å². The Bertz CT molecular complexity index is 1080. The summed E-state index contributed by atoms with van der Waals surface area (Å²) in [7, 11) is 1.33. The maximum atomic E-state index is 12.6. The van der Waals surface area contributed by atoms with Crippen LogP contribution in [0.3, 0.4) is 0 Å². The van der Waals surface area contributed by atoms with Gasteiger partial charge in [-0.1, -0.05) is 6.08 Å². The highest BCUT2D eigenvalue weighted by molar-refractivity contribution is 5.90. The molecule has 0 saturated carbocycles. The van der Waals surface area contributed by atoms with Crippen LogP contribution in [0.4, 0.5) is 0 Å². The highest BCUT2D eigenvalue weighted by Gasteiger charge is 2.49. The van der Waals surface area contributed by atoms with Crippen LogP contribution in [0.1, 0.15) is 16.8 Å². The number of aromatic hydroxyl groups is 1. The van der Waals surface area contributed by atoms with Crippen LogP contribution in [-0.2, 0) is 23.7 Å². The van der Waals surface area contributed by atoms with Gasteiger partial charge in [0.1, 0.15) is 31.0 Å². The smallest absolute Gasteiger partial charge is 0.338 e. The van der Waals surface area contributed by atoms with E-state index in [0.29, 0.717) is 5.57 Å². The highest BCUT2D eigenvalue weighted by Crippen LogP contribution is 2.44. The molecule has 202 valence electrons. The molecule has 1 saturated heterocycles. The largest absolute Gasteiger partial charge is 0.504 e. The number of carboxylic acids is 1. The summed E-state index contributed by atoms with van der Waals surface area (Å²) < 4.78 is 27.1. The van der Waals surface area contributed by atoms with Crippen LogP contribution in [0.2, 0.25) is 0 Å². The van der Waals surface area contributed by atoms with Crippen LogP contribution in [0.15, 0.2) is 41.7 Å². The molecular weight excluding hydrogens is 496 g/mol. The lowest BCUT2D eigenvalue weighted by Gasteiger charge is -2.42. The molecule has 0 radical (unpaired) electrons. The van der Waals surface area contributed by atoms with Gasteiger partial charge >= 0.3 is 11.9 Å². The maximum Gasteiger partial charge on any atom is 0.338 e. The lowest BCUT2D eigenvalue weighted by Crippen LogP contribution is -2.60. The number of esters is 1. The third-order valence-corrected chi connectivity index (χ3v) is 6.67. The third kappa shape index (κ3) is 5.28. The van der Waals surface area contributed by atoms with Crippen LogP contribution < -0.4 is 4.74 Å². The van der Waals surface area contributed by atoms with Crippen molar-refractivity contribution in [2.45, 2.75) is 43.4 Å². The van der Waals surface area contributed by atoms with Crippen molar-refractivity contribution in [1.82, 2.24) is 0 Å². The molecule has 6 N–H and O–H groups in total.